The van der Waals surface area contributed by atoms with Gasteiger partial charge in [0.2, 0.25) is 9.84 Å². The lowest BCUT2D eigenvalue weighted by Gasteiger charge is -2.31. The maximum Gasteiger partial charge on any atom is 0.416 e. The summed E-state index contributed by atoms with van der Waals surface area (Å²) in [5, 5.41) is 9.51. The molecule has 2 heterocycles. The number of amides is 1. The van der Waals surface area contributed by atoms with Crippen molar-refractivity contribution in [1.29, 1.82) is 0 Å². The SMILES string of the molecule is CC(C)C1(c2ccc(CC(N)(c3cccc(N(CC(=O)O)C(=O)OC(C)(C)C)n3)S(=O)(=O)c3cccnc3)cc2)CC1. The molecule has 0 saturated heterocycles. The van der Waals surface area contributed by atoms with E-state index in [0.717, 1.165) is 17.7 Å². The van der Waals surface area contributed by atoms with E-state index in [1.54, 1.807) is 20.8 Å². The number of aliphatic carboxylic acids is 1. The number of hydrogen-bond acceptors (Lipinski definition) is 8. The monoisotopic (exact) mass is 594 g/mol. The Morgan fingerprint density at radius 1 is 1.07 bits per heavy atom. The Labute approximate surface area is 246 Å². The summed E-state index contributed by atoms with van der Waals surface area (Å²) in [7, 11) is -4.30. The van der Waals surface area contributed by atoms with Gasteiger partial charge in [-0.25, -0.2) is 18.2 Å². The maximum atomic E-state index is 14.2. The molecule has 1 aromatic carbocycles. The molecule has 3 N–H and O–H groups in total. The Kier molecular flexibility index (Phi) is 8.48. The Bertz CT molecular complexity index is 1550. The van der Waals surface area contributed by atoms with Gasteiger partial charge in [-0.2, -0.15) is 0 Å². The zero-order valence-corrected chi connectivity index (χ0v) is 25.4. The highest BCUT2D eigenvalue weighted by molar-refractivity contribution is 7.92. The number of hydrogen-bond donors (Lipinski definition) is 2. The molecule has 11 heteroatoms. The molecule has 1 saturated carbocycles. The van der Waals surface area contributed by atoms with Crippen molar-refractivity contribution in [2.24, 2.45) is 11.7 Å². The first-order valence-electron chi connectivity index (χ1n) is 13.8. The van der Waals surface area contributed by atoms with E-state index >= 15 is 0 Å². The number of nitrogens with two attached hydrogens (primary N) is 1. The molecule has 4 rings (SSSR count). The van der Waals surface area contributed by atoms with Gasteiger partial charge in [-0.1, -0.05) is 44.2 Å². The van der Waals surface area contributed by atoms with Crippen LogP contribution in [-0.2, 0) is 36.1 Å². The number of aromatic nitrogens is 2. The molecule has 1 fully saturated rings. The lowest BCUT2D eigenvalue weighted by atomic mass is 9.84. The van der Waals surface area contributed by atoms with Crippen LogP contribution >= 0.6 is 0 Å². The van der Waals surface area contributed by atoms with Crippen molar-refractivity contribution in [2.75, 3.05) is 11.4 Å². The molecule has 1 amide bonds. The maximum absolute atomic E-state index is 14.2. The summed E-state index contributed by atoms with van der Waals surface area (Å²) in [6.45, 7) is 8.60. The second-order valence-electron chi connectivity index (χ2n) is 12.1. The van der Waals surface area contributed by atoms with Gasteiger partial charge in [0.1, 0.15) is 18.0 Å². The second kappa shape index (κ2) is 11.4. The predicted molar refractivity (Wildman–Crippen MR) is 159 cm³/mol. The van der Waals surface area contributed by atoms with Gasteiger partial charge in [0.25, 0.3) is 0 Å². The standard InChI is InChI=1S/C31H38N4O6S/c1-21(2)30(15-16-30)23-13-11-22(12-14-23)18-31(32,42(39,40)24-8-7-17-33-19-24)25-9-6-10-26(34-25)35(20-27(36)37)28(38)41-29(3,4)5/h6-14,17,19,21H,15-16,18,20,32H2,1-5H3,(H,36,37). The van der Waals surface area contributed by atoms with Crippen LogP contribution in [0.3, 0.4) is 0 Å². The minimum atomic E-state index is -4.30. The summed E-state index contributed by atoms with van der Waals surface area (Å²) in [4.78, 5) is 31.7. The number of benzene rings is 1. The van der Waals surface area contributed by atoms with Gasteiger partial charge in [0.05, 0.1) is 10.6 Å². The van der Waals surface area contributed by atoms with E-state index in [0.29, 0.717) is 11.5 Å². The van der Waals surface area contributed by atoms with Gasteiger partial charge < -0.3 is 15.6 Å². The summed E-state index contributed by atoms with van der Waals surface area (Å²) in [5.41, 5.74) is 7.92. The molecule has 1 atom stereocenters. The molecule has 0 aliphatic heterocycles. The molecule has 1 aliphatic rings. The number of sulfone groups is 1. The largest absolute Gasteiger partial charge is 0.480 e. The van der Waals surface area contributed by atoms with Gasteiger partial charge >= 0.3 is 12.1 Å². The van der Waals surface area contributed by atoms with Crippen LogP contribution in [-0.4, -0.2) is 47.7 Å². The van der Waals surface area contributed by atoms with Crippen LogP contribution in [0.1, 0.15) is 64.3 Å². The fourth-order valence-corrected chi connectivity index (χ4v) is 6.76. The Morgan fingerprint density at radius 3 is 2.26 bits per heavy atom. The van der Waals surface area contributed by atoms with Crippen molar-refractivity contribution in [3.8, 4) is 0 Å². The highest BCUT2D eigenvalue weighted by Crippen LogP contribution is 2.53. The molecule has 1 unspecified atom stereocenters. The van der Waals surface area contributed by atoms with E-state index < -0.39 is 38.9 Å². The van der Waals surface area contributed by atoms with Crippen molar-refractivity contribution in [2.45, 2.75) is 74.7 Å². The quantitative estimate of drug-likeness (QED) is 0.336. The first-order valence-corrected chi connectivity index (χ1v) is 15.3. The fourth-order valence-electron chi connectivity index (χ4n) is 5.13. The minimum Gasteiger partial charge on any atom is -0.480 e. The molecule has 1 aliphatic carbocycles. The molecule has 0 spiro atoms. The van der Waals surface area contributed by atoms with Crippen molar-refractivity contribution in [3.63, 3.8) is 0 Å². The molecule has 224 valence electrons. The zero-order valence-electron chi connectivity index (χ0n) is 24.6. The number of carboxylic acid groups (broad SMARTS) is 1. The number of carbonyl (C=O) groups is 2. The van der Waals surface area contributed by atoms with Crippen molar-refractivity contribution in [1.82, 2.24) is 9.97 Å². The third kappa shape index (κ3) is 6.32. The number of nitrogens with zero attached hydrogens (tertiary/aromatic N) is 3. The van der Waals surface area contributed by atoms with Gasteiger partial charge in [-0.05, 0) is 80.3 Å². The molecule has 0 radical (unpaired) electrons. The highest BCUT2D eigenvalue weighted by Gasteiger charge is 2.47. The number of carboxylic acids is 1. The summed E-state index contributed by atoms with van der Waals surface area (Å²) in [6, 6.07) is 15.1. The van der Waals surface area contributed by atoms with Gasteiger partial charge in [-0.15, -0.1) is 0 Å². The average Bonchev–Trinajstić information content (AvgIpc) is 3.74. The lowest BCUT2D eigenvalue weighted by Crippen LogP contribution is -2.48. The van der Waals surface area contributed by atoms with Gasteiger partial charge in [-0.3, -0.25) is 14.7 Å². The summed E-state index contributed by atoms with van der Waals surface area (Å²) in [5.74, 6) is -0.929. The number of carbonyl (C=O) groups excluding carboxylic acids is 1. The number of anilines is 1. The van der Waals surface area contributed by atoms with E-state index in [1.165, 1.54) is 48.3 Å². The molecular weight excluding hydrogens is 556 g/mol. The Morgan fingerprint density at radius 2 is 1.74 bits per heavy atom. The van der Waals surface area contributed by atoms with Crippen LogP contribution in [0.4, 0.5) is 10.6 Å². The normalized spacial score (nSPS) is 16.0. The molecule has 42 heavy (non-hydrogen) atoms. The van der Waals surface area contributed by atoms with Crippen LogP contribution in [0.2, 0.25) is 0 Å². The van der Waals surface area contributed by atoms with E-state index in [2.05, 4.69) is 23.8 Å². The molecular formula is C31H38N4O6S. The molecule has 2 aromatic heterocycles. The summed E-state index contributed by atoms with van der Waals surface area (Å²) < 4.78 is 33.7. The second-order valence-corrected chi connectivity index (χ2v) is 14.3. The minimum absolute atomic E-state index is 0.0623. The van der Waals surface area contributed by atoms with Crippen LogP contribution in [0.5, 0.6) is 0 Å². The van der Waals surface area contributed by atoms with Gasteiger partial charge in [0.15, 0.2) is 4.87 Å². The average molecular weight is 595 g/mol. The van der Waals surface area contributed by atoms with Crippen molar-refractivity contribution >= 4 is 27.7 Å². The van der Waals surface area contributed by atoms with E-state index in [9.17, 15) is 23.1 Å². The smallest absolute Gasteiger partial charge is 0.416 e. The van der Waals surface area contributed by atoms with Crippen LogP contribution in [0.15, 0.2) is 71.9 Å². The Balaban J connectivity index is 1.80. The van der Waals surface area contributed by atoms with Crippen LogP contribution < -0.4 is 10.6 Å². The highest BCUT2D eigenvalue weighted by atomic mass is 32.2. The topological polar surface area (TPSA) is 153 Å². The van der Waals surface area contributed by atoms with Crippen LogP contribution in [0, 0.1) is 5.92 Å². The third-order valence-corrected chi connectivity index (χ3v) is 9.84. The van der Waals surface area contributed by atoms with Gasteiger partial charge in [0, 0.05) is 18.8 Å². The molecule has 0 bridgehead atoms. The van der Waals surface area contributed by atoms with E-state index in [1.807, 2.05) is 24.3 Å². The Hall–Kier alpha value is -3.83. The van der Waals surface area contributed by atoms with Crippen molar-refractivity contribution < 1.29 is 27.9 Å². The van der Waals surface area contributed by atoms with Crippen molar-refractivity contribution in [3.05, 3.63) is 83.8 Å². The zero-order chi connectivity index (χ0) is 30.9. The lowest BCUT2D eigenvalue weighted by molar-refractivity contribution is -0.135. The summed E-state index contributed by atoms with van der Waals surface area (Å²) >= 11 is 0. The first-order chi connectivity index (χ1) is 19.6. The number of rotatable bonds is 10. The molecule has 10 nitrogen and oxygen atoms in total. The number of pyridine rings is 2. The van der Waals surface area contributed by atoms with E-state index in [-0.39, 0.29) is 28.2 Å². The van der Waals surface area contributed by atoms with E-state index in [4.69, 9.17) is 10.5 Å². The fraction of sp³-hybridized carbons (Fsp3) is 0.419. The molecule has 3 aromatic rings. The number of ether oxygens (including phenoxy) is 1. The first kappa shape index (κ1) is 31.1. The third-order valence-electron chi connectivity index (χ3n) is 7.67. The van der Waals surface area contributed by atoms with Crippen LogP contribution in [0.25, 0.3) is 0 Å². The summed E-state index contributed by atoms with van der Waals surface area (Å²) in [6.07, 6.45) is 3.83. The predicted octanol–water partition coefficient (Wildman–Crippen LogP) is 4.82.